The normalized spacial score (nSPS) is 22.8. The van der Waals surface area contributed by atoms with E-state index in [2.05, 4.69) is 21.2 Å². The lowest BCUT2D eigenvalue weighted by molar-refractivity contribution is -0.126. The average Bonchev–Trinajstić information content (AvgIpc) is 2.81. The van der Waals surface area contributed by atoms with Crippen molar-refractivity contribution in [2.24, 2.45) is 5.92 Å². The fourth-order valence-corrected chi connectivity index (χ4v) is 3.11. The van der Waals surface area contributed by atoms with Crippen LogP contribution in [-0.2, 0) is 10.2 Å². The number of benzene rings is 1. The molecule has 1 aromatic carbocycles. The third-order valence-corrected chi connectivity index (χ3v) is 4.75. The minimum Gasteiger partial charge on any atom is -0.393 e. The summed E-state index contributed by atoms with van der Waals surface area (Å²) in [6, 6.07) is 7.83. The highest BCUT2D eigenvalue weighted by atomic mass is 79.9. The van der Waals surface area contributed by atoms with Gasteiger partial charge in [-0.25, -0.2) is 0 Å². The number of amides is 1. The Morgan fingerprint density at radius 1 is 1.45 bits per heavy atom. The maximum Gasteiger partial charge on any atom is 0.230 e. The number of rotatable bonds is 4. The molecule has 110 valence electrons. The number of aliphatic hydroxyl groups excluding tert-OH is 1. The highest BCUT2D eigenvalue weighted by molar-refractivity contribution is 9.10. The zero-order chi connectivity index (χ0) is 14.8. The Kier molecular flexibility index (Phi) is 4.86. The fourth-order valence-electron chi connectivity index (χ4n) is 2.71. The first-order valence-corrected chi connectivity index (χ1v) is 7.93. The number of hydrogen-bond acceptors (Lipinski definition) is 2. The van der Waals surface area contributed by atoms with E-state index in [0.29, 0.717) is 6.54 Å². The van der Waals surface area contributed by atoms with Crippen LogP contribution in [-0.4, -0.2) is 23.7 Å². The number of halogens is 1. The van der Waals surface area contributed by atoms with Crippen LogP contribution in [0.2, 0.25) is 0 Å². The molecular formula is C16H22BrNO2. The smallest absolute Gasteiger partial charge is 0.230 e. The number of hydrogen-bond donors (Lipinski definition) is 2. The van der Waals surface area contributed by atoms with E-state index in [0.717, 1.165) is 29.3 Å². The van der Waals surface area contributed by atoms with Gasteiger partial charge in [-0.05, 0) is 44.4 Å². The summed E-state index contributed by atoms with van der Waals surface area (Å²) in [7, 11) is 0. The molecule has 1 amide bonds. The summed E-state index contributed by atoms with van der Waals surface area (Å²) >= 11 is 3.44. The van der Waals surface area contributed by atoms with E-state index in [1.807, 2.05) is 38.1 Å². The minimum atomic E-state index is -0.576. The molecule has 4 heteroatoms. The predicted molar refractivity (Wildman–Crippen MR) is 83.5 cm³/mol. The lowest BCUT2D eigenvalue weighted by Crippen LogP contribution is -2.43. The van der Waals surface area contributed by atoms with Gasteiger partial charge < -0.3 is 10.4 Å². The summed E-state index contributed by atoms with van der Waals surface area (Å²) in [5.74, 6) is 0.215. The quantitative estimate of drug-likeness (QED) is 0.885. The Labute approximate surface area is 128 Å². The van der Waals surface area contributed by atoms with Gasteiger partial charge in [-0.1, -0.05) is 34.5 Å². The molecule has 2 rings (SSSR count). The molecule has 0 radical (unpaired) electrons. The largest absolute Gasteiger partial charge is 0.393 e. The second-order valence-corrected chi connectivity index (χ2v) is 7.02. The van der Waals surface area contributed by atoms with Gasteiger partial charge in [0.2, 0.25) is 5.91 Å². The molecule has 20 heavy (non-hydrogen) atoms. The molecule has 1 fully saturated rings. The predicted octanol–water partition coefficient (Wildman–Crippen LogP) is 3.00. The van der Waals surface area contributed by atoms with E-state index in [-0.39, 0.29) is 17.9 Å². The molecular weight excluding hydrogens is 318 g/mol. The topological polar surface area (TPSA) is 49.3 Å². The van der Waals surface area contributed by atoms with Gasteiger partial charge >= 0.3 is 0 Å². The Morgan fingerprint density at radius 2 is 2.20 bits per heavy atom. The second kappa shape index (κ2) is 6.27. The molecule has 0 bridgehead atoms. The molecule has 2 atom stereocenters. The standard InChI is InChI=1S/C16H22BrNO2/c1-16(2,12-6-4-7-13(17)9-12)15(20)18-10-11-5-3-8-14(11)19/h4,6-7,9,11,14,19H,3,5,8,10H2,1-2H3,(H,18,20). The Hall–Kier alpha value is -0.870. The van der Waals surface area contributed by atoms with Crippen molar-refractivity contribution in [1.82, 2.24) is 5.32 Å². The molecule has 0 aliphatic heterocycles. The molecule has 0 saturated heterocycles. The van der Waals surface area contributed by atoms with Crippen LogP contribution in [0.4, 0.5) is 0 Å². The van der Waals surface area contributed by atoms with Crippen LogP contribution in [0.25, 0.3) is 0 Å². The van der Waals surface area contributed by atoms with Gasteiger partial charge in [0.05, 0.1) is 11.5 Å². The molecule has 1 aliphatic rings. The molecule has 1 aromatic rings. The lowest BCUT2D eigenvalue weighted by Gasteiger charge is -2.26. The molecule has 0 spiro atoms. The van der Waals surface area contributed by atoms with Crippen LogP contribution in [0.1, 0.15) is 38.7 Å². The third-order valence-electron chi connectivity index (χ3n) is 4.26. The summed E-state index contributed by atoms with van der Waals surface area (Å²) in [6.07, 6.45) is 2.65. The molecule has 1 saturated carbocycles. The van der Waals surface area contributed by atoms with E-state index in [1.165, 1.54) is 0 Å². The maximum atomic E-state index is 12.4. The van der Waals surface area contributed by atoms with Gasteiger partial charge in [-0.2, -0.15) is 0 Å². The lowest BCUT2D eigenvalue weighted by atomic mass is 9.83. The van der Waals surface area contributed by atoms with Crippen molar-refractivity contribution in [3.63, 3.8) is 0 Å². The van der Waals surface area contributed by atoms with Crippen LogP contribution in [0.5, 0.6) is 0 Å². The van der Waals surface area contributed by atoms with E-state index in [9.17, 15) is 9.90 Å². The van der Waals surface area contributed by atoms with Crippen LogP contribution < -0.4 is 5.32 Å². The second-order valence-electron chi connectivity index (χ2n) is 6.10. The van der Waals surface area contributed by atoms with E-state index < -0.39 is 5.41 Å². The Morgan fingerprint density at radius 3 is 2.80 bits per heavy atom. The van der Waals surface area contributed by atoms with Crippen LogP contribution >= 0.6 is 15.9 Å². The van der Waals surface area contributed by atoms with E-state index >= 15 is 0 Å². The third kappa shape index (κ3) is 3.41. The molecule has 2 N–H and O–H groups in total. The van der Waals surface area contributed by atoms with Crippen molar-refractivity contribution in [2.75, 3.05) is 6.54 Å². The minimum absolute atomic E-state index is 0.00898. The summed E-state index contributed by atoms with van der Waals surface area (Å²) in [6.45, 7) is 4.42. The van der Waals surface area contributed by atoms with Crippen LogP contribution in [0.3, 0.4) is 0 Å². The molecule has 0 heterocycles. The SMILES string of the molecule is CC(C)(C(=O)NCC1CCCC1O)c1cccc(Br)c1. The molecule has 2 unspecified atom stereocenters. The molecule has 0 aromatic heterocycles. The monoisotopic (exact) mass is 339 g/mol. The first-order chi connectivity index (χ1) is 9.41. The van der Waals surface area contributed by atoms with Crippen molar-refractivity contribution in [1.29, 1.82) is 0 Å². The van der Waals surface area contributed by atoms with E-state index in [4.69, 9.17) is 0 Å². The number of aliphatic hydroxyl groups is 1. The maximum absolute atomic E-state index is 12.4. The van der Waals surface area contributed by atoms with Crippen molar-refractivity contribution >= 4 is 21.8 Å². The average molecular weight is 340 g/mol. The van der Waals surface area contributed by atoms with Gasteiger partial charge in [0, 0.05) is 16.9 Å². The number of carbonyl (C=O) groups is 1. The summed E-state index contributed by atoms with van der Waals surface area (Å²) in [4.78, 5) is 12.4. The van der Waals surface area contributed by atoms with Gasteiger partial charge in [-0.15, -0.1) is 0 Å². The van der Waals surface area contributed by atoms with Crippen LogP contribution in [0.15, 0.2) is 28.7 Å². The first kappa shape index (κ1) is 15.5. The number of nitrogens with one attached hydrogen (secondary N) is 1. The highest BCUT2D eigenvalue weighted by Crippen LogP contribution is 2.27. The van der Waals surface area contributed by atoms with Crippen molar-refractivity contribution in [2.45, 2.75) is 44.6 Å². The molecule has 3 nitrogen and oxygen atoms in total. The Balaban J connectivity index is 2.00. The van der Waals surface area contributed by atoms with Crippen molar-refractivity contribution in [3.8, 4) is 0 Å². The van der Waals surface area contributed by atoms with E-state index in [1.54, 1.807) is 0 Å². The zero-order valence-electron chi connectivity index (χ0n) is 12.0. The van der Waals surface area contributed by atoms with Crippen molar-refractivity contribution < 1.29 is 9.90 Å². The van der Waals surface area contributed by atoms with Gasteiger partial charge in [-0.3, -0.25) is 4.79 Å². The zero-order valence-corrected chi connectivity index (χ0v) is 13.6. The number of carbonyl (C=O) groups excluding carboxylic acids is 1. The van der Waals surface area contributed by atoms with Crippen LogP contribution in [0, 0.1) is 5.92 Å². The Bertz CT molecular complexity index is 487. The highest BCUT2D eigenvalue weighted by Gasteiger charge is 2.32. The fraction of sp³-hybridized carbons (Fsp3) is 0.562. The van der Waals surface area contributed by atoms with Gasteiger partial charge in [0.25, 0.3) is 0 Å². The molecule has 1 aliphatic carbocycles. The van der Waals surface area contributed by atoms with Gasteiger partial charge in [0.15, 0.2) is 0 Å². The summed E-state index contributed by atoms with van der Waals surface area (Å²) in [5.41, 5.74) is 0.407. The van der Waals surface area contributed by atoms with Gasteiger partial charge in [0.1, 0.15) is 0 Å². The van der Waals surface area contributed by atoms with Crippen molar-refractivity contribution in [3.05, 3.63) is 34.3 Å². The summed E-state index contributed by atoms with van der Waals surface area (Å²) in [5, 5.41) is 12.8. The summed E-state index contributed by atoms with van der Waals surface area (Å²) < 4.78 is 0.974. The first-order valence-electron chi connectivity index (χ1n) is 7.13.